The van der Waals surface area contributed by atoms with Crippen molar-refractivity contribution in [1.82, 2.24) is 0 Å². The molecule has 0 aliphatic carbocycles. The lowest BCUT2D eigenvalue weighted by Crippen LogP contribution is -2.07. The van der Waals surface area contributed by atoms with Gasteiger partial charge >= 0.3 is 17.9 Å². The molecule has 0 saturated carbocycles. The SMILES string of the molecule is CCCCCCCCCCCCCOC(=O)c1ccc2c3c1cccc3c1c2c2c3cccc4c(C(=O)OCCCCCCCCCCCCC)ccc(c43)c2c2c3cccc4c(C(=O)OCCCCCCCCCCCCC)ccc(c43)c12. The molecule has 444 valence electrons. The predicted molar refractivity (Wildman–Crippen MR) is 358 cm³/mol. The van der Waals surface area contributed by atoms with Crippen LogP contribution in [0.4, 0.5) is 0 Å². The number of unbranched alkanes of at least 4 members (excludes halogenated alkanes) is 30. The van der Waals surface area contributed by atoms with Crippen molar-refractivity contribution in [1.29, 1.82) is 0 Å². The first-order chi connectivity index (χ1) is 41.5. The molecule has 10 rings (SSSR count). The first kappa shape index (κ1) is 60.8. The molecule has 0 aromatic heterocycles. The van der Waals surface area contributed by atoms with E-state index < -0.39 is 0 Å². The van der Waals surface area contributed by atoms with E-state index in [0.717, 1.165) is 135 Å². The van der Waals surface area contributed by atoms with Crippen molar-refractivity contribution in [2.45, 2.75) is 233 Å². The largest absolute Gasteiger partial charge is 0.462 e. The molecule has 0 radical (unpaired) electrons. The highest BCUT2D eigenvalue weighted by atomic mass is 16.5. The van der Waals surface area contributed by atoms with Crippen LogP contribution in [0.25, 0.3) is 97.0 Å². The Balaban J connectivity index is 0.966. The molecule has 0 unspecified atom stereocenters. The summed E-state index contributed by atoms with van der Waals surface area (Å²) in [6.45, 7) is 8.04. The summed E-state index contributed by atoms with van der Waals surface area (Å²) < 4.78 is 18.3. The second-order valence-electron chi connectivity index (χ2n) is 24.9. The summed E-state index contributed by atoms with van der Waals surface area (Å²) in [6.07, 6.45) is 40.9. The smallest absolute Gasteiger partial charge is 0.338 e. The predicted octanol–water partition coefficient (Wildman–Crippen LogP) is 23.8. The highest BCUT2D eigenvalue weighted by Crippen LogP contribution is 2.56. The molecule has 84 heavy (non-hydrogen) atoms. The van der Waals surface area contributed by atoms with Crippen LogP contribution >= 0.6 is 0 Å². The van der Waals surface area contributed by atoms with Crippen LogP contribution in [0, 0.1) is 0 Å². The van der Waals surface area contributed by atoms with E-state index in [-0.39, 0.29) is 17.9 Å². The van der Waals surface area contributed by atoms with Crippen LogP contribution < -0.4 is 0 Å². The van der Waals surface area contributed by atoms with Gasteiger partial charge in [-0.05, 0) is 134 Å². The minimum absolute atomic E-state index is 0.280. The summed E-state index contributed by atoms with van der Waals surface area (Å²) in [6, 6.07) is 31.6. The normalized spacial score (nSPS) is 12.2. The number of carbonyl (C=O) groups excluding carboxylic acids is 3. The van der Waals surface area contributed by atoms with Crippen LogP contribution in [0.1, 0.15) is 264 Å². The van der Waals surface area contributed by atoms with E-state index >= 15 is 0 Å². The number of esters is 3. The van der Waals surface area contributed by atoms with E-state index in [9.17, 15) is 14.4 Å². The fraction of sp³-hybridized carbons (Fsp3) is 0.500. The third kappa shape index (κ3) is 13.5. The summed E-state index contributed by atoms with van der Waals surface area (Å²) in [5.74, 6) is -0.841. The van der Waals surface area contributed by atoms with E-state index in [1.165, 1.54) is 173 Å². The van der Waals surface area contributed by atoms with Crippen molar-refractivity contribution in [2.75, 3.05) is 19.8 Å². The van der Waals surface area contributed by atoms with Crippen LogP contribution in [-0.2, 0) is 14.2 Å². The molecule has 0 aliphatic heterocycles. The summed E-state index contributed by atoms with van der Waals surface area (Å²) in [5, 5.41) is 19.2. The van der Waals surface area contributed by atoms with Crippen LogP contribution in [0.5, 0.6) is 0 Å². The lowest BCUT2D eigenvalue weighted by atomic mass is 9.97. The Labute approximate surface area is 501 Å². The zero-order valence-corrected chi connectivity index (χ0v) is 51.6. The van der Waals surface area contributed by atoms with Gasteiger partial charge in [-0.15, -0.1) is 0 Å². The van der Waals surface area contributed by atoms with Gasteiger partial charge in [-0.3, -0.25) is 0 Å². The molecule has 6 heteroatoms. The van der Waals surface area contributed by atoms with Gasteiger partial charge in [0.25, 0.3) is 0 Å². The third-order valence-corrected chi connectivity index (χ3v) is 18.8. The Morgan fingerprint density at radius 1 is 0.226 bits per heavy atom. The lowest BCUT2D eigenvalue weighted by molar-refractivity contribution is 0.0490. The van der Waals surface area contributed by atoms with Crippen LogP contribution in [-0.4, -0.2) is 37.7 Å². The molecule has 0 amide bonds. The first-order valence-corrected chi connectivity index (χ1v) is 33.9. The van der Waals surface area contributed by atoms with Crippen molar-refractivity contribution >= 4 is 115 Å². The molecule has 0 fully saturated rings. The Hall–Kier alpha value is -6.27. The maximum atomic E-state index is 14.2. The maximum absolute atomic E-state index is 14.2. The molecule has 6 nitrogen and oxygen atoms in total. The van der Waals surface area contributed by atoms with Gasteiger partial charge in [0.1, 0.15) is 0 Å². The first-order valence-electron chi connectivity index (χ1n) is 33.9. The van der Waals surface area contributed by atoms with Gasteiger partial charge in [-0.2, -0.15) is 0 Å². The molecular formula is C78H96O6. The standard InChI is InChI=1S/C78H96O6/c1-4-7-10-13-16-19-22-25-28-31-34-52-82-76(79)58-46-49-64-67-55(58)40-37-43-61(67)70-73(64)71-62-44-38-41-56-60(78(81)84-54-36-33-30-27-24-21-18-15-12-9-6-3)48-51-66(68(56)62)75(71)72-63-45-39-42-57-59(47-50-65(69(57)63)74(70)72)77(80)83-53-35-32-29-26-23-20-17-14-11-8-5-2/h37-51H,4-36,52-54H2,1-3H3. The fourth-order valence-electron chi connectivity index (χ4n) is 14.4. The van der Waals surface area contributed by atoms with Gasteiger partial charge in [-0.1, -0.05) is 286 Å². The lowest BCUT2D eigenvalue weighted by Gasteiger charge is -2.09. The van der Waals surface area contributed by atoms with Gasteiger partial charge in [0, 0.05) is 0 Å². The summed E-state index contributed by atoms with van der Waals surface area (Å²) in [5.41, 5.74) is 1.76. The molecule has 10 aromatic carbocycles. The average molecular weight is 1130 g/mol. The van der Waals surface area contributed by atoms with E-state index in [1.807, 2.05) is 18.2 Å². The van der Waals surface area contributed by atoms with Gasteiger partial charge in [0.2, 0.25) is 0 Å². The van der Waals surface area contributed by atoms with Gasteiger partial charge in [-0.25, -0.2) is 14.4 Å². The second kappa shape index (κ2) is 30.7. The summed E-state index contributed by atoms with van der Waals surface area (Å²) >= 11 is 0. The number of hydrogen-bond donors (Lipinski definition) is 0. The topological polar surface area (TPSA) is 78.9 Å². The van der Waals surface area contributed by atoms with E-state index in [1.54, 1.807) is 0 Å². The van der Waals surface area contributed by atoms with Crippen molar-refractivity contribution < 1.29 is 28.6 Å². The molecule has 0 atom stereocenters. The third-order valence-electron chi connectivity index (χ3n) is 18.8. The molecule has 0 aliphatic rings. The van der Waals surface area contributed by atoms with Crippen molar-refractivity contribution in [3.63, 3.8) is 0 Å². The van der Waals surface area contributed by atoms with Crippen molar-refractivity contribution in [3.8, 4) is 0 Å². The maximum Gasteiger partial charge on any atom is 0.338 e. The summed E-state index contributed by atoms with van der Waals surface area (Å²) in [4.78, 5) is 42.7. The quantitative estimate of drug-likeness (QED) is 0.0217. The van der Waals surface area contributed by atoms with Gasteiger partial charge < -0.3 is 14.2 Å². The highest BCUT2D eigenvalue weighted by Gasteiger charge is 2.30. The molecule has 10 aromatic rings. The molecule has 0 N–H and O–H groups in total. The highest BCUT2D eigenvalue weighted by molar-refractivity contribution is 6.56. The van der Waals surface area contributed by atoms with Crippen LogP contribution in [0.2, 0.25) is 0 Å². The number of carbonyl (C=O) groups is 3. The molecular weight excluding hydrogens is 1030 g/mol. The van der Waals surface area contributed by atoms with Crippen LogP contribution in [0.3, 0.4) is 0 Å². The van der Waals surface area contributed by atoms with Crippen molar-refractivity contribution in [3.05, 3.63) is 108 Å². The zero-order chi connectivity index (χ0) is 58.0. The second-order valence-corrected chi connectivity index (χ2v) is 24.9. The monoisotopic (exact) mass is 1130 g/mol. The number of benzene rings is 7. The number of fused-ring (bicyclic) bond motifs is 12. The minimum atomic E-state index is -0.280. The van der Waals surface area contributed by atoms with Crippen LogP contribution in [0.15, 0.2) is 91.0 Å². The van der Waals surface area contributed by atoms with E-state index in [0.29, 0.717) is 36.5 Å². The van der Waals surface area contributed by atoms with Gasteiger partial charge in [0.15, 0.2) is 0 Å². The zero-order valence-electron chi connectivity index (χ0n) is 51.6. The number of rotatable bonds is 39. The molecule has 0 spiro atoms. The fourth-order valence-corrected chi connectivity index (χ4v) is 14.4. The number of hydrogen-bond acceptors (Lipinski definition) is 6. The minimum Gasteiger partial charge on any atom is -0.462 e. The Kier molecular flexibility index (Phi) is 22.2. The molecule has 0 bridgehead atoms. The van der Waals surface area contributed by atoms with Crippen molar-refractivity contribution in [2.24, 2.45) is 0 Å². The van der Waals surface area contributed by atoms with E-state index in [2.05, 4.69) is 93.6 Å². The Morgan fingerprint density at radius 3 is 0.643 bits per heavy atom. The number of ether oxygens (including phenoxy) is 3. The summed E-state index contributed by atoms with van der Waals surface area (Å²) in [7, 11) is 0. The Morgan fingerprint density at radius 2 is 0.417 bits per heavy atom. The van der Waals surface area contributed by atoms with E-state index in [4.69, 9.17) is 14.2 Å². The molecule has 0 saturated heterocycles. The van der Waals surface area contributed by atoms with Gasteiger partial charge in [0.05, 0.1) is 36.5 Å². The average Bonchev–Trinajstić information content (AvgIpc) is 1.53. The molecule has 0 heterocycles. The Bertz CT molecular complexity index is 3250.